The first-order valence-corrected chi connectivity index (χ1v) is 9.20. The number of benzene rings is 1. The van der Waals surface area contributed by atoms with Gasteiger partial charge >= 0.3 is 0 Å². The summed E-state index contributed by atoms with van der Waals surface area (Å²) >= 11 is 0. The second-order valence-corrected chi connectivity index (χ2v) is 7.62. The molecule has 1 aliphatic heterocycles. The van der Waals surface area contributed by atoms with Crippen LogP contribution < -0.4 is 10.2 Å². The molecule has 1 N–H and O–H groups in total. The fourth-order valence-electron chi connectivity index (χ4n) is 3.84. The summed E-state index contributed by atoms with van der Waals surface area (Å²) in [6.07, 6.45) is -0.114. The topological polar surface area (TPSA) is 48.5 Å². The minimum atomic E-state index is -2.56. The Hall–Kier alpha value is -2.28. The lowest BCUT2D eigenvalue weighted by Gasteiger charge is -2.39. The van der Waals surface area contributed by atoms with Crippen LogP contribution in [-0.2, 0) is 4.79 Å². The summed E-state index contributed by atoms with van der Waals surface area (Å²) in [5, 5.41) is 3.82. The number of aromatic nitrogens is 1. The predicted octanol–water partition coefficient (Wildman–Crippen LogP) is 3.07. The Morgan fingerprint density at radius 1 is 1.33 bits per heavy atom. The van der Waals surface area contributed by atoms with E-state index in [0.717, 1.165) is 24.0 Å². The highest BCUT2D eigenvalue weighted by molar-refractivity contribution is 5.94. The van der Waals surface area contributed by atoms with Crippen molar-refractivity contribution < 1.29 is 13.6 Å². The van der Waals surface area contributed by atoms with Crippen molar-refractivity contribution in [3.05, 3.63) is 36.0 Å². The van der Waals surface area contributed by atoms with Crippen molar-refractivity contribution in [1.29, 1.82) is 0 Å². The fourth-order valence-corrected chi connectivity index (χ4v) is 3.84. The van der Waals surface area contributed by atoms with Crippen LogP contribution in [0.25, 0.3) is 10.9 Å². The number of pyridine rings is 1. The Bertz CT molecular complexity index is 812. The van der Waals surface area contributed by atoms with Gasteiger partial charge < -0.3 is 15.1 Å². The molecule has 0 unspecified atom stereocenters. The van der Waals surface area contributed by atoms with Gasteiger partial charge in [0, 0.05) is 42.0 Å². The number of hydrogen-bond acceptors (Lipinski definition) is 4. The molecule has 1 amide bonds. The quantitative estimate of drug-likeness (QED) is 0.871. The van der Waals surface area contributed by atoms with Crippen molar-refractivity contribution in [2.75, 3.05) is 38.6 Å². The zero-order valence-corrected chi connectivity index (χ0v) is 16.0. The number of anilines is 1. The van der Waals surface area contributed by atoms with E-state index in [9.17, 15) is 13.6 Å². The Morgan fingerprint density at radius 2 is 2.11 bits per heavy atom. The second kappa shape index (κ2) is 8.17. The van der Waals surface area contributed by atoms with Crippen molar-refractivity contribution in [2.45, 2.75) is 25.8 Å². The molecule has 1 saturated heterocycles. The molecule has 2 aromatic rings. The molecule has 2 atom stereocenters. The van der Waals surface area contributed by atoms with Crippen LogP contribution in [0.4, 0.5) is 14.5 Å². The van der Waals surface area contributed by atoms with Gasteiger partial charge in [0.2, 0.25) is 5.91 Å². The number of carbonyl (C=O) groups is 1. The summed E-state index contributed by atoms with van der Waals surface area (Å²) in [5.74, 6) is 0.378. The Labute approximate surface area is 158 Å². The number of rotatable bonds is 5. The van der Waals surface area contributed by atoms with Crippen molar-refractivity contribution in [1.82, 2.24) is 15.2 Å². The number of hydrogen-bond donors (Lipinski definition) is 1. The van der Waals surface area contributed by atoms with Crippen LogP contribution >= 0.6 is 0 Å². The van der Waals surface area contributed by atoms with E-state index in [4.69, 9.17) is 0 Å². The molecule has 1 aromatic heterocycles. The van der Waals surface area contributed by atoms with E-state index >= 15 is 0 Å². The number of nitrogens with zero attached hydrogens (tertiary/aromatic N) is 3. The molecule has 0 radical (unpaired) electrons. The zero-order chi connectivity index (χ0) is 19.6. The first kappa shape index (κ1) is 19.5. The number of amides is 1. The predicted molar refractivity (Wildman–Crippen MR) is 103 cm³/mol. The van der Waals surface area contributed by atoms with E-state index in [2.05, 4.69) is 22.1 Å². The lowest BCUT2D eigenvalue weighted by molar-refractivity contribution is -0.122. The van der Waals surface area contributed by atoms with Gasteiger partial charge in [0.25, 0.3) is 6.43 Å². The molecule has 1 fully saturated rings. The maximum absolute atomic E-state index is 13.3. The lowest BCUT2D eigenvalue weighted by Crippen LogP contribution is -2.51. The Morgan fingerprint density at radius 3 is 2.81 bits per heavy atom. The lowest BCUT2D eigenvalue weighted by atomic mass is 9.94. The summed E-state index contributed by atoms with van der Waals surface area (Å²) in [4.78, 5) is 20.3. The Kier molecular flexibility index (Phi) is 5.89. The summed E-state index contributed by atoms with van der Waals surface area (Å²) in [7, 11) is 3.72. The summed E-state index contributed by atoms with van der Waals surface area (Å²) in [6, 6.07) is 6.85. The van der Waals surface area contributed by atoms with Crippen molar-refractivity contribution in [3.8, 4) is 0 Å². The van der Waals surface area contributed by atoms with Crippen LogP contribution in [0.2, 0.25) is 0 Å². The maximum atomic E-state index is 13.3. The molecule has 3 rings (SSSR count). The summed E-state index contributed by atoms with van der Waals surface area (Å²) in [6.45, 7) is 3.96. The molecule has 5 nitrogen and oxygen atoms in total. The molecular formula is C20H26F2N4O. The highest BCUT2D eigenvalue weighted by atomic mass is 19.3. The van der Waals surface area contributed by atoms with Crippen LogP contribution in [0.5, 0.6) is 0 Å². The van der Waals surface area contributed by atoms with E-state index in [-0.39, 0.29) is 17.5 Å². The first-order chi connectivity index (χ1) is 12.8. The van der Waals surface area contributed by atoms with Crippen LogP contribution in [0.15, 0.2) is 30.5 Å². The molecule has 0 aliphatic carbocycles. The average molecular weight is 376 g/mol. The molecule has 0 bridgehead atoms. The van der Waals surface area contributed by atoms with Gasteiger partial charge in [0.05, 0.1) is 12.1 Å². The minimum absolute atomic E-state index is 0.00128. The van der Waals surface area contributed by atoms with Gasteiger partial charge in [-0.1, -0.05) is 6.92 Å². The largest absolute Gasteiger partial charge is 0.369 e. The van der Waals surface area contributed by atoms with Gasteiger partial charge in [-0.15, -0.1) is 0 Å². The average Bonchev–Trinajstić information content (AvgIpc) is 2.59. The molecule has 1 aromatic carbocycles. The minimum Gasteiger partial charge on any atom is -0.369 e. The van der Waals surface area contributed by atoms with Crippen molar-refractivity contribution in [2.24, 2.45) is 5.92 Å². The van der Waals surface area contributed by atoms with Crippen LogP contribution in [0, 0.1) is 5.92 Å². The third kappa shape index (κ3) is 4.53. The monoisotopic (exact) mass is 376 g/mol. The standard InChI is InChI=1S/C20H26F2N4O/c1-13-9-14(24-18(27)12-25(2)3)11-26(10-13)17-7-6-16(20(21)22)19-15(17)5-4-8-23-19/h4-8,13-14,20H,9-12H2,1-3H3,(H,24,27)/t13-,14+/m0/s1. The van der Waals surface area contributed by atoms with Gasteiger partial charge in [-0.05, 0) is 50.7 Å². The number of nitrogens with one attached hydrogen (secondary N) is 1. The molecule has 7 heteroatoms. The van der Waals surface area contributed by atoms with Crippen LogP contribution in [-0.4, -0.2) is 55.6 Å². The van der Waals surface area contributed by atoms with E-state index in [0.29, 0.717) is 24.5 Å². The molecule has 27 heavy (non-hydrogen) atoms. The van der Waals surface area contributed by atoms with Crippen molar-refractivity contribution in [3.63, 3.8) is 0 Å². The number of piperidine rings is 1. The van der Waals surface area contributed by atoms with Gasteiger partial charge in [0.15, 0.2) is 0 Å². The zero-order valence-electron chi connectivity index (χ0n) is 16.0. The SMILES string of the molecule is C[C@H]1C[C@@H](NC(=O)CN(C)C)CN(c2ccc(C(F)F)c3ncccc23)C1. The summed E-state index contributed by atoms with van der Waals surface area (Å²) < 4.78 is 26.7. The third-order valence-corrected chi connectivity index (χ3v) is 4.84. The van der Waals surface area contributed by atoms with Crippen LogP contribution in [0.3, 0.4) is 0 Å². The highest BCUT2D eigenvalue weighted by Gasteiger charge is 2.28. The molecular weight excluding hydrogens is 350 g/mol. The third-order valence-electron chi connectivity index (χ3n) is 4.84. The number of halogens is 2. The highest BCUT2D eigenvalue weighted by Crippen LogP contribution is 2.34. The number of alkyl halides is 2. The molecule has 2 heterocycles. The van der Waals surface area contributed by atoms with Gasteiger partial charge in [-0.25, -0.2) is 8.78 Å². The number of fused-ring (bicyclic) bond motifs is 1. The van der Waals surface area contributed by atoms with E-state index in [1.54, 1.807) is 18.3 Å². The molecule has 146 valence electrons. The molecule has 1 aliphatic rings. The maximum Gasteiger partial charge on any atom is 0.265 e. The second-order valence-electron chi connectivity index (χ2n) is 7.62. The molecule has 0 spiro atoms. The van der Waals surface area contributed by atoms with Gasteiger partial charge in [0.1, 0.15) is 0 Å². The van der Waals surface area contributed by atoms with Gasteiger partial charge in [-0.3, -0.25) is 9.78 Å². The molecule has 0 saturated carbocycles. The van der Waals surface area contributed by atoms with E-state index in [1.165, 1.54) is 6.07 Å². The van der Waals surface area contributed by atoms with Gasteiger partial charge in [-0.2, -0.15) is 0 Å². The van der Waals surface area contributed by atoms with E-state index in [1.807, 2.05) is 25.1 Å². The van der Waals surface area contributed by atoms with Crippen LogP contribution in [0.1, 0.15) is 25.3 Å². The van der Waals surface area contributed by atoms with Crippen molar-refractivity contribution >= 4 is 22.5 Å². The number of likely N-dealkylation sites (N-methyl/N-ethyl adjacent to an activating group) is 1. The normalized spacial score (nSPS) is 20.5. The first-order valence-electron chi connectivity index (χ1n) is 9.20. The fraction of sp³-hybridized carbons (Fsp3) is 0.500. The summed E-state index contributed by atoms with van der Waals surface area (Å²) in [5.41, 5.74) is 1.19. The van der Waals surface area contributed by atoms with E-state index < -0.39 is 6.43 Å². The Balaban J connectivity index is 1.87. The smallest absolute Gasteiger partial charge is 0.265 e. The number of carbonyl (C=O) groups excluding carboxylic acids is 1.